The van der Waals surface area contributed by atoms with Crippen LogP contribution in [-0.4, -0.2) is 31.6 Å². The summed E-state index contributed by atoms with van der Waals surface area (Å²) in [5.41, 5.74) is 13.4. The fourth-order valence-corrected chi connectivity index (χ4v) is 1.75. The Hall–Kier alpha value is -1.26. The van der Waals surface area contributed by atoms with Gasteiger partial charge in [-0.3, -0.25) is 0 Å². The van der Waals surface area contributed by atoms with Gasteiger partial charge in [0.1, 0.15) is 5.75 Å². The summed E-state index contributed by atoms with van der Waals surface area (Å²) in [5, 5.41) is 0. The molecule has 0 saturated heterocycles. The van der Waals surface area contributed by atoms with E-state index in [-0.39, 0.29) is 6.04 Å². The summed E-state index contributed by atoms with van der Waals surface area (Å²) in [5.74, 6) is 0.721. The molecule has 0 heterocycles. The second-order valence-corrected chi connectivity index (χ2v) is 4.25. The Bertz CT molecular complexity index is 339. The van der Waals surface area contributed by atoms with E-state index in [1.165, 1.54) is 5.56 Å². The SMILES string of the molecule is COc1ccc(CN(C)CC(C)N)cc1N. The normalized spacial score (nSPS) is 12.8. The van der Waals surface area contributed by atoms with Gasteiger partial charge in [-0.1, -0.05) is 6.07 Å². The third-order valence-electron chi connectivity index (χ3n) is 2.35. The molecule has 0 aliphatic rings. The summed E-state index contributed by atoms with van der Waals surface area (Å²) in [6, 6.07) is 6.04. The van der Waals surface area contributed by atoms with E-state index in [4.69, 9.17) is 16.2 Å². The lowest BCUT2D eigenvalue weighted by atomic mass is 10.1. The summed E-state index contributed by atoms with van der Waals surface area (Å²) < 4.78 is 5.11. The van der Waals surface area contributed by atoms with Gasteiger partial charge in [-0.05, 0) is 31.7 Å². The van der Waals surface area contributed by atoms with E-state index >= 15 is 0 Å². The summed E-state index contributed by atoms with van der Waals surface area (Å²) in [6.45, 7) is 3.71. The molecule has 16 heavy (non-hydrogen) atoms. The van der Waals surface area contributed by atoms with Crippen LogP contribution in [-0.2, 0) is 6.54 Å². The van der Waals surface area contributed by atoms with E-state index in [0.717, 1.165) is 18.8 Å². The Labute approximate surface area is 97.2 Å². The number of likely N-dealkylation sites (N-methyl/N-ethyl adjacent to an activating group) is 1. The number of anilines is 1. The zero-order valence-electron chi connectivity index (χ0n) is 10.2. The highest BCUT2D eigenvalue weighted by atomic mass is 16.5. The number of nitrogens with two attached hydrogens (primary N) is 2. The van der Waals surface area contributed by atoms with E-state index in [2.05, 4.69) is 4.90 Å². The highest BCUT2D eigenvalue weighted by Gasteiger charge is 2.05. The molecule has 0 amide bonds. The van der Waals surface area contributed by atoms with Crippen molar-refractivity contribution in [2.45, 2.75) is 19.5 Å². The van der Waals surface area contributed by atoms with Gasteiger partial charge in [-0.2, -0.15) is 0 Å². The van der Waals surface area contributed by atoms with Crippen molar-refractivity contribution in [1.29, 1.82) is 0 Å². The number of hydrogen-bond donors (Lipinski definition) is 2. The number of methoxy groups -OCH3 is 1. The second-order valence-electron chi connectivity index (χ2n) is 4.25. The quantitative estimate of drug-likeness (QED) is 0.733. The highest BCUT2D eigenvalue weighted by molar-refractivity contribution is 5.54. The summed E-state index contributed by atoms with van der Waals surface area (Å²) >= 11 is 0. The Morgan fingerprint density at radius 2 is 2.12 bits per heavy atom. The molecular formula is C12H21N3O. The summed E-state index contributed by atoms with van der Waals surface area (Å²) in [4.78, 5) is 2.17. The first kappa shape index (κ1) is 12.8. The van der Waals surface area contributed by atoms with Gasteiger partial charge in [0.25, 0.3) is 0 Å². The molecule has 1 unspecified atom stereocenters. The van der Waals surface area contributed by atoms with E-state index in [9.17, 15) is 0 Å². The maximum absolute atomic E-state index is 5.84. The Balaban J connectivity index is 2.64. The monoisotopic (exact) mass is 223 g/mol. The smallest absolute Gasteiger partial charge is 0.141 e. The van der Waals surface area contributed by atoms with Crippen molar-refractivity contribution < 1.29 is 4.74 Å². The zero-order chi connectivity index (χ0) is 12.1. The van der Waals surface area contributed by atoms with E-state index < -0.39 is 0 Å². The first-order valence-electron chi connectivity index (χ1n) is 5.39. The Morgan fingerprint density at radius 1 is 1.44 bits per heavy atom. The molecule has 1 atom stereocenters. The molecule has 0 fully saturated rings. The molecule has 0 aliphatic heterocycles. The van der Waals surface area contributed by atoms with Crippen LogP contribution in [0.15, 0.2) is 18.2 Å². The lowest BCUT2D eigenvalue weighted by Gasteiger charge is -2.19. The standard InChI is InChI=1S/C12H21N3O/c1-9(13)7-15(2)8-10-4-5-12(16-3)11(14)6-10/h4-6,9H,7-8,13-14H2,1-3H3. The van der Waals surface area contributed by atoms with Gasteiger partial charge in [0, 0.05) is 19.1 Å². The lowest BCUT2D eigenvalue weighted by molar-refractivity contribution is 0.310. The zero-order valence-corrected chi connectivity index (χ0v) is 10.2. The molecule has 90 valence electrons. The van der Waals surface area contributed by atoms with Crippen LogP contribution in [0.1, 0.15) is 12.5 Å². The van der Waals surface area contributed by atoms with Gasteiger partial charge in [-0.15, -0.1) is 0 Å². The minimum Gasteiger partial charge on any atom is -0.495 e. The molecule has 0 saturated carbocycles. The fraction of sp³-hybridized carbons (Fsp3) is 0.500. The van der Waals surface area contributed by atoms with Crippen molar-refractivity contribution >= 4 is 5.69 Å². The number of hydrogen-bond acceptors (Lipinski definition) is 4. The molecule has 1 rings (SSSR count). The van der Waals surface area contributed by atoms with Crippen molar-refractivity contribution in [2.75, 3.05) is 26.4 Å². The van der Waals surface area contributed by atoms with Gasteiger partial charge in [0.2, 0.25) is 0 Å². The summed E-state index contributed by atoms with van der Waals surface area (Å²) in [6.07, 6.45) is 0. The predicted octanol–water partition coefficient (Wildman–Crippen LogP) is 1.06. The molecule has 4 nitrogen and oxygen atoms in total. The van der Waals surface area contributed by atoms with Gasteiger partial charge in [0.05, 0.1) is 12.8 Å². The molecule has 0 aromatic heterocycles. The van der Waals surface area contributed by atoms with Crippen LogP contribution in [0, 0.1) is 0 Å². The van der Waals surface area contributed by atoms with Crippen molar-refractivity contribution in [1.82, 2.24) is 4.90 Å². The molecule has 0 bridgehead atoms. The number of benzene rings is 1. The Morgan fingerprint density at radius 3 is 2.62 bits per heavy atom. The van der Waals surface area contributed by atoms with Crippen LogP contribution in [0.2, 0.25) is 0 Å². The average Bonchev–Trinajstić information content (AvgIpc) is 2.16. The maximum Gasteiger partial charge on any atom is 0.141 e. The largest absolute Gasteiger partial charge is 0.495 e. The Kier molecular flexibility index (Phi) is 4.58. The molecule has 4 heteroatoms. The lowest BCUT2D eigenvalue weighted by Crippen LogP contribution is -2.32. The predicted molar refractivity (Wildman–Crippen MR) is 67.4 cm³/mol. The number of ether oxygens (including phenoxy) is 1. The van der Waals surface area contributed by atoms with Crippen LogP contribution in [0.4, 0.5) is 5.69 Å². The van der Waals surface area contributed by atoms with E-state index in [0.29, 0.717) is 5.69 Å². The van der Waals surface area contributed by atoms with Gasteiger partial charge >= 0.3 is 0 Å². The third-order valence-corrected chi connectivity index (χ3v) is 2.35. The molecule has 0 radical (unpaired) electrons. The van der Waals surface area contributed by atoms with Gasteiger partial charge in [0.15, 0.2) is 0 Å². The second kappa shape index (κ2) is 5.72. The molecule has 0 aliphatic carbocycles. The van der Waals surface area contributed by atoms with Crippen LogP contribution in [0.3, 0.4) is 0 Å². The number of nitrogens with zero attached hydrogens (tertiary/aromatic N) is 1. The first-order chi connectivity index (χ1) is 7.52. The molecular weight excluding hydrogens is 202 g/mol. The van der Waals surface area contributed by atoms with Gasteiger partial charge < -0.3 is 21.1 Å². The molecule has 0 spiro atoms. The van der Waals surface area contributed by atoms with Crippen molar-refractivity contribution in [3.8, 4) is 5.75 Å². The van der Waals surface area contributed by atoms with Crippen LogP contribution >= 0.6 is 0 Å². The van der Waals surface area contributed by atoms with Crippen molar-refractivity contribution in [2.24, 2.45) is 5.73 Å². The molecule has 4 N–H and O–H groups in total. The fourth-order valence-electron chi connectivity index (χ4n) is 1.75. The molecule has 1 aromatic rings. The van der Waals surface area contributed by atoms with Crippen LogP contribution < -0.4 is 16.2 Å². The van der Waals surface area contributed by atoms with Crippen molar-refractivity contribution in [3.63, 3.8) is 0 Å². The van der Waals surface area contributed by atoms with Crippen LogP contribution in [0.5, 0.6) is 5.75 Å². The van der Waals surface area contributed by atoms with Crippen molar-refractivity contribution in [3.05, 3.63) is 23.8 Å². The topological polar surface area (TPSA) is 64.5 Å². The first-order valence-corrected chi connectivity index (χ1v) is 5.39. The maximum atomic E-state index is 5.84. The highest BCUT2D eigenvalue weighted by Crippen LogP contribution is 2.22. The number of nitrogen functional groups attached to an aromatic ring is 1. The third kappa shape index (κ3) is 3.72. The van der Waals surface area contributed by atoms with E-state index in [1.54, 1.807) is 7.11 Å². The number of rotatable bonds is 5. The summed E-state index contributed by atoms with van der Waals surface area (Å²) in [7, 11) is 3.66. The molecule has 1 aromatic carbocycles. The minimum atomic E-state index is 0.181. The van der Waals surface area contributed by atoms with Gasteiger partial charge in [-0.25, -0.2) is 0 Å². The van der Waals surface area contributed by atoms with E-state index in [1.807, 2.05) is 32.2 Å². The van der Waals surface area contributed by atoms with Crippen LogP contribution in [0.25, 0.3) is 0 Å². The average molecular weight is 223 g/mol. The minimum absolute atomic E-state index is 0.181.